The highest BCUT2D eigenvalue weighted by atomic mass is 16.2. The first kappa shape index (κ1) is 12.8. The van der Waals surface area contributed by atoms with Gasteiger partial charge in [-0.15, -0.1) is 0 Å². The molecule has 2 saturated heterocycles. The van der Waals surface area contributed by atoms with Gasteiger partial charge < -0.3 is 0 Å². The first-order valence-corrected chi connectivity index (χ1v) is 6.74. The van der Waals surface area contributed by atoms with Crippen LogP contribution >= 0.6 is 0 Å². The Kier molecular flexibility index (Phi) is 4.36. The molecule has 2 fully saturated rings. The number of rotatable bonds is 4. The van der Waals surface area contributed by atoms with Crippen molar-refractivity contribution in [2.45, 2.75) is 44.7 Å². The summed E-state index contributed by atoms with van der Waals surface area (Å²) < 4.78 is 0. The zero-order valence-electron chi connectivity index (χ0n) is 10.7. The minimum atomic E-state index is -0.0345. The van der Waals surface area contributed by atoms with Crippen LogP contribution in [0.25, 0.3) is 0 Å². The van der Waals surface area contributed by atoms with Gasteiger partial charge in [-0.2, -0.15) is 0 Å². The van der Waals surface area contributed by atoms with E-state index in [2.05, 4.69) is 22.1 Å². The summed E-state index contributed by atoms with van der Waals surface area (Å²) in [6.45, 7) is 6.47. The van der Waals surface area contributed by atoms with Gasteiger partial charge in [0.15, 0.2) is 0 Å². The highest BCUT2D eigenvalue weighted by molar-refractivity contribution is 5.81. The molecular weight excluding hydrogens is 216 g/mol. The van der Waals surface area contributed by atoms with Crippen molar-refractivity contribution < 1.29 is 4.79 Å². The van der Waals surface area contributed by atoms with Gasteiger partial charge in [0.05, 0.1) is 6.04 Å². The monoisotopic (exact) mass is 240 g/mol. The van der Waals surface area contributed by atoms with E-state index in [9.17, 15) is 4.79 Å². The molecule has 2 rings (SSSR count). The number of hydrogen-bond donors (Lipinski definition) is 2. The number of hydrazine groups is 1. The third-order valence-electron chi connectivity index (χ3n) is 4.07. The first-order chi connectivity index (χ1) is 8.26. The largest absolute Gasteiger partial charge is 0.298 e. The zero-order valence-corrected chi connectivity index (χ0v) is 10.7. The Labute approximate surface area is 103 Å². The summed E-state index contributed by atoms with van der Waals surface area (Å²) in [4.78, 5) is 16.7. The lowest BCUT2D eigenvalue weighted by molar-refractivity contribution is -0.128. The lowest BCUT2D eigenvalue weighted by Gasteiger charge is -2.40. The molecule has 0 radical (unpaired) electrons. The van der Waals surface area contributed by atoms with E-state index in [1.165, 1.54) is 19.4 Å². The Balaban J connectivity index is 1.96. The summed E-state index contributed by atoms with van der Waals surface area (Å²) in [6.07, 6.45) is 4.50. The molecule has 17 heavy (non-hydrogen) atoms. The summed E-state index contributed by atoms with van der Waals surface area (Å²) in [5.74, 6) is 5.25. The molecule has 0 spiro atoms. The van der Waals surface area contributed by atoms with E-state index in [0.29, 0.717) is 6.04 Å². The highest BCUT2D eigenvalue weighted by Gasteiger charge is 2.35. The Morgan fingerprint density at radius 3 is 3.00 bits per heavy atom. The van der Waals surface area contributed by atoms with E-state index in [1.807, 2.05) is 0 Å². The summed E-state index contributed by atoms with van der Waals surface area (Å²) in [5.41, 5.74) is 2.31. The number of carbonyl (C=O) groups is 1. The van der Waals surface area contributed by atoms with Crippen molar-refractivity contribution in [3.05, 3.63) is 0 Å². The van der Waals surface area contributed by atoms with Crippen LogP contribution in [0.2, 0.25) is 0 Å². The molecule has 0 saturated carbocycles. The van der Waals surface area contributed by atoms with E-state index < -0.39 is 0 Å². The summed E-state index contributed by atoms with van der Waals surface area (Å²) >= 11 is 0. The molecule has 2 aliphatic rings. The van der Waals surface area contributed by atoms with Crippen molar-refractivity contribution in [1.29, 1.82) is 0 Å². The van der Waals surface area contributed by atoms with E-state index >= 15 is 0 Å². The summed E-state index contributed by atoms with van der Waals surface area (Å²) in [7, 11) is 0. The molecule has 0 aromatic carbocycles. The highest BCUT2D eigenvalue weighted by Crippen LogP contribution is 2.23. The topological polar surface area (TPSA) is 61.6 Å². The number of hydrogen-bond acceptors (Lipinski definition) is 4. The zero-order chi connectivity index (χ0) is 12.3. The fourth-order valence-electron chi connectivity index (χ4n) is 3.15. The second-order valence-corrected chi connectivity index (χ2v) is 5.14. The van der Waals surface area contributed by atoms with E-state index in [1.54, 1.807) is 0 Å². The maximum atomic E-state index is 11.8. The van der Waals surface area contributed by atoms with Crippen molar-refractivity contribution >= 4 is 5.91 Å². The van der Waals surface area contributed by atoms with E-state index in [-0.39, 0.29) is 11.9 Å². The number of amides is 1. The van der Waals surface area contributed by atoms with Crippen molar-refractivity contribution in [3.8, 4) is 0 Å². The Morgan fingerprint density at radius 2 is 2.29 bits per heavy atom. The molecule has 2 heterocycles. The molecule has 3 N–H and O–H groups in total. The van der Waals surface area contributed by atoms with Crippen LogP contribution in [0.1, 0.15) is 32.6 Å². The molecular formula is C12H24N4O. The average molecular weight is 240 g/mol. The molecule has 2 aliphatic heterocycles. The minimum absolute atomic E-state index is 0.0294. The third-order valence-corrected chi connectivity index (χ3v) is 4.07. The number of fused-ring (bicyclic) bond motifs is 1. The SMILES string of the molecule is CCCC(C(=O)NN)N1CCN2CCCC2C1. The molecule has 2 unspecified atom stereocenters. The van der Waals surface area contributed by atoms with Gasteiger partial charge in [0.25, 0.3) is 5.91 Å². The van der Waals surface area contributed by atoms with Crippen molar-refractivity contribution in [3.63, 3.8) is 0 Å². The molecule has 5 heteroatoms. The molecule has 98 valence electrons. The second kappa shape index (κ2) is 5.80. The number of carbonyl (C=O) groups excluding carboxylic acids is 1. The fraction of sp³-hybridized carbons (Fsp3) is 0.917. The van der Waals surface area contributed by atoms with Gasteiger partial charge >= 0.3 is 0 Å². The van der Waals surface area contributed by atoms with Crippen molar-refractivity contribution in [2.24, 2.45) is 5.84 Å². The van der Waals surface area contributed by atoms with Gasteiger partial charge in [-0.25, -0.2) is 5.84 Å². The molecule has 1 amide bonds. The van der Waals surface area contributed by atoms with Gasteiger partial charge in [0, 0.05) is 25.7 Å². The average Bonchev–Trinajstić information content (AvgIpc) is 2.82. The molecule has 5 nitrogen and oxygen atoms in total. The summed E-state index contributed by atoms with van der Waals surface area (Å²) in [5, 5.41) is 0. The standard InChI is InChI=1S/C12H24N4O/c1-2-4-11(12(17)14-13)16-8-7-15-6-3-5-10(15)9-16/h10-11H,2-9,13H2,1H3,(H,14,17). The van der Waals surface area contributed by atoms with E-state index in [0.717, 1.165) is 32.5 Å². The first-order valence-electron chi connectivity index (χ1n) is 6.74. The molecule has 0 aliphatic carbocycles. The Bertz CT molecular complexity index is 271. The predicted molar refractivity (Wildman–Crippen MR) is 67.2 cm³/mol. The van der Waals surface area contributed by atoms with Gasteiger partial charge in [0.1, 0.15) is 0 Å². The quantitative estimate of drug-likeness (QED) is 0.410. The molecule has 0 bridgehead atoms. The normalized spacial score (nSPS) is 27.8. The number of nitrogens with one attached hydrogen (secondary N) is 1. The number of nitrogens with zero attached hydrogens (tertiary/aromatic N) is 2. The van der Waals surface area contributed by atoms with Gasteiger partial charge in [-0.05, 0) is 25.8 Å². The van der Waals surface area contributed by atoms with E-state index in [4.69, 9.17) is 5.84 Å². The number of piperazine rings is 1. The third kappa shape index (κ3) is 2.78. The van der Waals surface area contributed by atoms with Crippen LogP contribution < -0.4 is 11.3 Å². The lowest BCUT2D eigenvalue weighted by Crippen LogP contribution is -2.57. The van der Waals surface area contributed by atoms with Crippen molar-refractivity contribution in [2.75, 3.05) is 26.2 Å². The van der Waals surface area contributed by atoms with Crippen LogP contribution in [-0.4, -0.2) is 54.0 Å². The molecule has 2 atom stereocenters. The van der Waals surface area contributed by atoms with Crippen LogP contribution in [0.4, 0.5) is 0 Å². The van der Waals surface area contributed by atoms with Gasteiger partial charge in [-0.3, -0.25) is 20.0 Å². The van der Waals surface area contributed by atoms with Gasteiger partial charge in [-0.1, -0.05) is 13.3 Å². The van der Waals surface area contributed by atoms with Crippen LogP contribution in [0.3, 0.4) is 0 Å². The fourth-order valence-corrected chi connectivity index (χ4v) is 3.15. The van der Waals surface area contributed by atoms with Crippen LogP contribution in [-0.2, 0) is 4.79 Å². The smallest absolute Gasteiger partial charge is 0.251 e. The van der Waals surface area contributed by atoms with Crippen LogP contribution in [0.15, 0.2) is 0 Å². The van der Waals surface area contributed by atoms with Crippen LogP contribution in [0.5, 0.6) is 0 Å². The maximum Gasteiger partial charge on any atom is 0.251 e. The van der Waals surface area contributed by atoms with Gasteiger partial charge in [0.2, 0.25) is 0 Å². The predicted octanol–water partition coefficient (Wildman–Crippen LogP) is -0.0750. The second-order valence-electron chi connectivity index (χ2n) is 5.14. The minimum Gasteiger partial charge on any atom is -0.298 e. The summed E-state index contributed by atoms with van der Waals surface area (Å²) in [6, 6.07) is 0.626. The van der Waals surface area contributed by atoms with Crippen molar-refractivity contribution in [1.82, 2.24) is 15.2 Å². The Hall–Kier alpha value is -0.650. The molecule has 0 aromatic heterocycles. The lowest BCUT2D eigenvalue weighted by atomic mass is 10.1. The molecule has 0 aromatic rings. The maximum absolute atomic E-state index is 11.8. The number of nitrogens with two attached hydrogens (primary N) is 1. The van der Waals surface area contributed by atoms with Crippen LogP contribution in [0, 0.1) is 0 Å². The Morgan fingerprint density at radius 1 is 1.47 bits per heavy atom.